The predicted octanol–water partition coefficient (Wildman–Crippen LogP) is 4.86. The van der Waals surface area contributed by atoms with E-state index in [4.69, 9.17) is 11.6 Å². The summed E-state index contributed by atoms with van der Waals surface area (Å²) in [5, 5.41) is 3.39. The Morgan fingerprint density at radius 2 is 2.12 bits per heavy atom. The van der Waals surface area contributed by atoms with Crippen molar-refractivity contribution in [2.45, 2.75) is 45.6 Å². The van der Waals surface area contributed by atoms with Gasteiger partial charge in [-0.3, -0.25) is 0 Å². The molecule has 0 heterocycles. The van der Waals surface area contributed by atoms with Gasteiger partial charge in [-0.1, -0.05) is 44.4 Å². The highest BCUT2D eigenvalue weighted by molar-refractivity contribution is 6.31. The van der Waals surface area contributed by atoms with Crippen LogP contribution in [0.5, 0.6) is 0 Å². The number of hydrogen-bond acceptors (Lipinski definition) is 1. The van der Waals surface area contributed by atoms with Crippen molar-refractivity contribution in [1.29, 1.82) is 0 Å². The number of hydrogen-bond donors (Lipinski definition) is 1. The van der Waals surface area contributed by atoms with Crippen molar-refractivity contribution in [3.63, 3.8) is 0 Å². The van der Waals surface area contributed by atoms with Crippen molar-refractivity contribution in [2.24, 2.45) is 0 Å². The smallest absolute Gasteiger partial charge is 0.164 e. The van der Waals surface area contributed by atoms with Gasteiger partial charge < -0.3 is 5.32 Å². The fraction of sp³-hybridized carbons (Fsp3) is 0.538. The van der Waals surface area contributed by atoms with Gasteiger partial charge in [0.2, 0.25) is 0 Å². The van der Waals surface area contributed by atoms with E-state index in [2.05, 4.69) is 19.2 Å². The second kappa shape index (κ2) is 6.74. The molecule has 0 spiro atoms. The van der Waals surface area contributed by atoms with Gasteiger partial charge >= 0.3 is 0 Å². The van der Waals surface area contributed by atoms with Crippen molar-refractivity contribution in [1.82, 2.24) is 0 Å². The standard InChI is InChI=1S/C13H19ClFN/c1-3-5-7-10(4-2)16-12-9-6-8-11(14)13(12)15/h6,8-10,16H,3-5,7H2,1-2H3. The Kier molecular flexibility index (Phi) is 5.61. The number of nitrogens with one attached hydrogen (secondary N) is 1. The van der Waals surface area contributed by atoms with Crippen LogP contribution < -0.4 is 5.32 Å². The number of halogens is 2. The van der Waals surface area contributed by atoms with Crippen LogP contribution in [0.25, 0.3) is 0 Å². The van der Waals surface area contributed by atoms with Crippen LogP contribution in [0.4, 0.5) is 10.1 Å². The summed E-state index contributed by atoms with van der Waals surface area (Å²) in [4.78, 5) is 0. The van der Waals surface area contributed by atoms with Gasteiger partial charge in [0.15, 0.2) is 5.82 Å². The van der Waals surface area contributed by atoms with Gasteiger partial charge in [-0.15, -0.1) is 0 Å². The van der Waals surface area contributed by atoms with E-state index in [0.29, 0.717) is 11.7 Å². The molecule has 1 rings (SSSR count). The lowest BCUT2D eigenvalue weighted by atomic mass is 10.1. The summed E-state index contributed by atoms with van der Waals surface area (Å²) in [5.74, 6) is -0.348. The fourth-order valence-corrected chi connectivity index (χ4v) is 1.84. The summed E-state index contributed by atoms with van der Waals surface area (Å²) in [7, 11) is 0. The SMILES string of the molecule is CCCCC(CC)Nc1cccc(Cl)c1F. The lowest BCUT2D eigenvalue weighted by Gasteiger charge is -2.18. The summed E-state index contributed by atoms with van der Waals surface area (Å²) in [6.07, 6.45) is 4.38. The first-order valence-electron chi connectivity index (χ1n) is 5.89. The average Bonchev–Trinajstić information content (AvgIpc) is 2.30. The highest BCUT2D eigenvalue weighted by Crippen LogP contribution is 2.23. The van der Waals surface area contributed by atoms with Gasteiger partial charge in [-0.05, 0) is 25.0 Å². The monoisotopic (exact) mass is 243 g/mol. The highest BCUT2D eigenvalue weighted by Gasteiger charge is 2.10. The number of benzene rings is 1. The number of anilines is 1. The van der Waals surface area contributed by atoms with E-state index in [1.807, 2.05) is 0 Å². The number of rotatable bonds is 6. The third kappa shape index (κ3) is 3.67. The lowest BCUT2D eigenvalue weighted by Crippen LogP contribution is -2.19. The van der Waals surface area contributed by atoms with Gasteiger partial charge in [-0.2, -0.15) is 0 Å². The molecule has 0 saturated carbocycles. The zero-order valence-corrected chi connectivity index (χ0v) is 10.6. The summed E-state index contributed by atoms with van der Waals surface area (Å²) in [6, 6.07) is 5.39. The molecular weight excluding hydrogens is 225 g/mol. The Labute approximate surface area is 102 Å². The molecule has 1 nitrogen and oxygen atoms in total. The second-order valence-electron chi connectivity index (χ2n) is 3.99. The minimum Gasteiger partial charge on any atom is -0.380 e. The van der Waals surface area contributed by atoms with Crippen LogP contribution in [0.2, 0.25) is 5.02 Å². The fourth-order valence-electron chi connectivity index (χ4n) is 1.66. The van der Waals surface area contributed by atoms with Gasteiger partial charge in [-0.25, -0.2) is 4.39 Å². The van der Waals surface area contributed by atoms with Crippen LogP contribution in [0.15, 0.2) is 18.2 Å². The van der Waals surface area contributed by atoms with Crippen LogP contribution in [0.3, 0.4) is 0 Å². The molecule has 16 heavy (non-hydrogen) atoms. The molecule has 0 aliphatic carbocycles. The van der Waals surface area contributed by atoms with E-state index in [1.165, 1.54) is 0 Å². The first-order chi connectivity index (χ1) is 7.69. The zero-order valence-electron chi connectivity index (χ0n) is 9.89. The van der Waals surface area contributed by atoms with E-state index >= 15 is 0 Å². The third-order valence-corrected chi connectivity index (χ3v) is 3.00. The Hall–Kier alpha value is -0.760. The molecule has 0 radical (unpaired) electrons. The van der Waals surface area contributed by atoms with E-state index in [0.717, 1.165) is 25.7 Å². The molecule has 0 saturated heterocycles. The zero-order chi connectivity index (χ0) is 12.0. The van der Waals surface area contributed by atoms with Crippen LogP contribution in [0.1, 0.15) is 39.5 Å². The lowest BCUT2D eigenvalue weighted by molar-refractivity contribution is 0.581. The topological polar surface area (TPSA) is 12.0 Å². The molecule has 1 unspecified atom stereocenters. The first kappa shape index (κ1) is 13.3. The highest BCUT2D eigenvalue weighted by atomic mass is 35.5. The molecule has 0 aromatic heterocycles. The van der Waals surface area contributed by atoms with Gasteiger partial charge in [0.05, 0.1) is 10.7 Å². The minimum atomic E-state index is -0.348. The minimum absolute atomic E-state index is 0.176. The summed E-state index contributed by atoms with van der Waals surface area (Å²) in [6.45, 7) is 4.27. The van der Waals surface area contributed by atoms with Crippen molar-refractivity contribution in [2.75, 3.05) is 5.32 Å². The van der Waals surface area contributed by atoms with Crippen LogP contribution >= 0.6 is 11.6 Å². The van der Waals surface area contributed by atoms with E-state index in [9.17, 15) is 4.39 Å². The van der Waals surface area contributed by atoms with Crippen LogP contribution in [0, 0.1) is 5.82 Å². The molecule has 0 bridgehead atoms. The number of unbranched alkanes of at least 4 members (excludes halogenated alkanes) is 1. The Morgan fingerprint density at radius 1 is 1.38 bits per heavy atom. The molecule has 90 valence electrons. The molecule has 0 aliphatic rings. The maximum atomic E-state index is 13.6. The van der Waals surface area contributed by atoms with E-state index in [-0.39, 0.29) is 10.8 Å². The molecule has 0 amide bonds. The molecule has 3 heteroatoms. The largest absolute Gasteiger partial charge is 0.380 e. The van der Waals surface area contributed by atoms with Crippen molar-refractivity contribution in [3.8, 4) is 0 Å². The molecule has 0 aliphatic heterocycles. The van der Waals surface area contributed by atoms with Gasteiger partial charge in [0, 0.05) is 6.04 Å². The normalized spacial score (nSPS) is 12.5. The molecule has 0 fully saturated rings. The molecular formula is C13H19ClFN. The molecule has 1 N–H and O–H groups in total. The Bertz CT molecular complexity index is 328. The van der Waals surface area contributed by atoms with E-state index < -0.39 is 0 Å². The van der Waals surface area contributed by atoms with E-state index in [1.54, 1.807) is 18.2 Å². The van der Waals surface area contributed by atoms with Crippen LogP contribution in [-0.4, -0.2) is 6.04 Å². The average molecular weight is 244 g/mol. The summed E-state index contributed by atoms with van der Waals surface area (Å²) >= 11 is 5.73. The Balaban J connectivity index is 2.66. The Morgan fingerprint density at radius 3 is 2.75 bits per heavy atom. The predicted molar refractivity (Wildman–Crippen MR) is 68.6 cm³/mol. The summed E-state index contributed by atoms with van der Waals surface area (Å²) < 4.78 is 13.6. The second-order valence-corrected chi connectivity index (χ2v) is 4.40. The van der Waals surface area contributed by atoms with Crippen molar-refractivity contribution < 1.29 is 4.39 Å². The van der Waals surface area contributed by atoms with Crippen molar-refractivity contribution >= 4 is 17.3 Å². The quantitative estimate of drug-likeness (QED) is 0.752. The summed E-state index contributed by atoms with van der Waals surface area (Å²) in [5.41, 5.74) is 0.510. The molecule has 1 aromatic rings. The maximum absolute atomic E-state index is 13.6. The first-order valence-corrected chi connectivity index (χ1v) is 6.27. The van der Waals surface area contributed by atoms with Crippen molar-refractivity contribution in [3.05, 3.63) is 29.0 Å². The maximum Gasteiger partial charge on any atom is 0.164 e. The third-order valence-electron chi connectivity index (χ3n) is 2.71. The van der Waals surface area contributed by atoms with Gasteiger partial charge in [0.25, 0.3) is 0 Å². The van der Waals surface area contributed by atoms with Gasteiger partial charge in [0.1, 0.15) is 0 Å². The molecule has 1 atom stereocenters. The van der Waals surface area contributed by atoms with Crippen LogP contribution in [-0.2, 0) is 0 Å². The molecule has 1 aromatic carbocycles.